The van der Waals surface area contributed by atoms with Crippen LogP contribution in [-0.2, 0) is 20.6 Å². The lowest BCUT2D eigenvalue weighted by atomic mass is 9.90. The second kappa shape index (κ2) is 11.9. The van der Waals surface area contributed by atoms with E-state index in [1.54, 1.807) is 4.90 Å². The van der Waals surface area contributed by atoms with Crippen molar-refractivity contribution in [3.05, 3.63) is 29.8 Å². The largest absolute Gasteiger partial charge is 0.416 e. The molecule has 1 saturated carbocycles. The highest BCUT2D eigenvalue weighted by Gasteiger charge is 2.69. The molecular formula is C29H39F3N6O3S. The van der Waals surface area contributed by atoms with Crippen LogP contribution < -0.4 is 21.7 Å². The average molecular weight is 609 g/mol. The lowest BCUT2D eigenvalue weighted by Gasteiger charge is -2.33. The third-order valence-corrected chi connectivity index (χ3v) is 10.2. The predicted octanol–water partition coefficient (Wildman–Crippen LogP) is 3.06. The molecule has 5 atom stereocenters. The lowest BCUT2D eigenvalue weighted by Crippen LogP contribution is -2.52. The molecular weight excluding hydrogens is 569 g/mol. The third-order valence-electron chi connectivity index (χ3n) is 8.72. The van der Waals surface area contributed by atoms with Crippen molar-refractivity contribution >= 4 is 39.9 Å². The number of nitrogens with one attached hydrogen (secondary N) is 3. The summed E-state index contributed by atoms with van der Waals surface area (Å²) in [6, 6.07) is 5.34. The zero-order chi connectivity index (χ0) is 31.0. The molecule has 2 saturated heterocycles. The van der Waals surface area contributed by atoms with E-state index in [1.165, 1.54) is 12.1 Å². The molecule has 0 radical (unpaired) electrons. The maximum Gasteiger partial charge on any atom is 0.416 e. The minimum absolute atomic E-state index is 0.0163. The van der Waals surface area contributed by atoms with Crippen molar-refractivity contribution in [2.45, 2.75) is 65.2 Å². The van der Waals surface area contributed by atoms with Gasteiger partial charge in [0.25, 0.3) is 0 Å². The summed E-state index contributed by atoms with van der Waals surface area (Å²) < 4.78 is 39.1. The van der Waals surface area contributed by atoms with Gasteiger partial charge in [-0.05, 0) is 59.5 Å². The number of likely N-dealkylation sites (tertiary alicyclic amines) is 1. The Labute approximate surface area is 247 Å². The molecule has 9 nitrogen and oxygen atoms in total. The van der Waals surface area contributed by atoms with Crippen molar-refractivity contribution in [1.29, 1.82) is 5.26 Å². The first-order valence-electron chi connectivity index (χ1n) is 14.0. The quantitative estimate of drug-likeness (QED) is 0.216. The molecule has 1 aliphatic carbocycles. The van der Waals surface area contributed by atoms with E-state index in [9.17, 15) is 32.8 Å². The van der Waals surface area contributed by atoms with Crippen molar-refractivity contribution in [3.8, 4) is 6.07 Å². The van der Waals surface area contributed by atoms with Crippen molar-refractivity contribution in [2.24, 2.45) is 34.3 Å². The van der Waals surface area contributed by atoms with Crippen molar-refractivity contribution in [1.82, 2.24) is 15.5 Å². The number of nitrogens with two attached hydrogens (primary N) is 1. The Kier molecular flexibility index (Phi) is 9.00. The van der Waals surface area contributed by atoms with Crippen LogP contribution in [0.5, 0.6) is 0 Å². The average Bonchev–Trinajstić information content (AvgIpc) is 3.25. The van der Waals surface area contributed by atoms with Crippen LogP contribution in [0, 0.1) is 39.9 Å². The van der Waals surface area contributed by atoms with E-state index in [4.69, 9.17) is 5.73 Å². The number of benzene rings is 1. The number of nitriles is 1. The molecule has 0 spiro atoms. The fourth-order valence-electron chi connectivity index (χ4n) is 6.23. The highest BCUT2D eigenvalue weighted by atomic mass is 32.1. The number of thiol groups is 1. The van der Waals surface area contributed by atoms with Gasteiger partial charge in [-0.15, -0.1) is 0 Å². The van der Waals surface area contributed by atoms with Crippen LogP contribution in [0.15, 0.2) is 24.3 Å². The first-order chi connectivity index (χ1) is 19.5. The van der Waals surface area contributed by atoms with Crippen LogP contribution >= 0.6 is 11.4 Å². The number of nitrogens with zero attached hydrogens (tertiary/aromatic N) is 2. The van der Waals surface area contributed by atoms with Crippen LogP contribution in [0.4, 0.5) is 18.9 Å². The van der Waals surface area contributed by atoms with Crippen molar-refractivity contribution in [3.63, 3.8) is 0 Å². The van der Waals surface area contributed by atoms with Crippen LogP contribution in [0.3, 0.4) is 0 Å². The smallest absolute Gasteiger partial charge is 0.356 e. The molecule has 230 valence electrons. The van der Waals surface area contributed by atoms with Gasteiger partial charge in [0.2, 0.25) is 17.7 Å². The van der Waals surface area contributed by atoms with Gasteiger partial charge in [0.15, 0.2) is 0 Å². The number of rotatable bonds is 9. The Morgan fingerprint density at radius 3 is 2.64 bits per heavy atom. The molecule has 0 aromatic heterocycles. The summed E-state index contributed by atoms with van der Waals surface area (Å²) in [6.45, 7) is 8.98. The van der Waals surface area contributed by atoms with Gasteiger partial charge in [-0.3, -0.25) is 20.1 Å². The Hall–Kier alpha value is -3.11. The Bertz CT molecular complexity index is 1310. The van der Waals surface area contributed by atoms with Gasteiger partial charge in [0, 0.05) is 31.1 Å². The molecule has 2 heterocycles. The monoisotopic (exact) mass is 608 g/mol. The van der Waals surface area contributed by atoms with Gasteiger partial charge in [-0.1, -0.05) is 33.8 Å². The van der Waals surface area contributed by atoms with Gasteiger partial charge in [-0.2, -0.15) is 29.8 Å². The summed E-state index contributed by atoms with van der Waals surface area (Å²) >= 11 is 0.621. The number of hydrogen-bond acceptors (Lipinski definition) is 4. The minimum atomic E-state index is -4.46. The molecule has 1 aromatic carbocycles. The van der Waals surface area contributed by atoms with E-state index in [0.29, 0.717) is 36.6 Å². The van der Waals surface area contributed by atoms with E-state index in [2.05, 4.69) is 35.9 Å². The zero-order valence-electron chi connectivity index (χ0n) is 24.2. The van der Waals surface area contributed by atoms with E-state index >= 15 is 0 Å². The summed E-state index contributed by atoms with van der Waals surface area (Å²) in [7, 11) is 0. The molecule has 13 heteroatoms. The fourth-order valence-corrected chi connectivity index (χ4v) is 7.14. The zero-order valence-corrected chi connectivity index (χ0v) is 25.1. The van der Waals surface area contributed by atoms with Crippen LogP contribution in [0.1, 0.15) is 52.5 Å². The van der Waals surface area contributed by atoms with Gasteiger partial charge in [0.1, 0.15) is 17.2 Å². The van der Waals surface area contributed by atoms with Gasteiger partial charge >= 0.3 is 6.18 Å². The standard InChI is InChI=1S/C29H39F3N6O3S/c1-27(2,15-42-26(34)37-18-7-5-6-17(11-18)29(30,31)32)12-21(39)38-14-20-22(28(20,3)4)23(38)25(41)36-19(13-33)10-16-8-9-35-24(16)40/h5-7,11,16,19-20,22-23,37,42H,8-10,12,14-15,34H2,1-4H3,(H,35,40)(H,36,41)/t16-,19-,20-,22?,23-/m0/s1. The maximum atomic E-state index is 13.6. The fraction of sp³-hybridized carbons (Fsp3) is 0.621. The van der Waals surface area contributed by atoms with E-state index in [0.717, 1.165) is 12.1 Å². The van der Waals surface area contributed by atoms with Crippen molar-refractivity contribution < 1.29 is 27.6 Å². The number of anilines is 1. The van der Waals surface area contributed by atoms with Gasteiger partial charge in [0.05, 0.1) is 11.6 Å². The number of carbonyl (C=O) groups excluding carboxylic acids is 3. The molecule has 5 N–H and O–H groups in total. The Balaban J connectivity index is 1.38. The number of fused-ring (bicyclic) bond motifs is 1. The summed E-state index contributed by atoms with van der Waals surface area (Å²) in [4.78, 5) is 40.7. The van der Waals surface area contributed by atoms with Crippen LogP contribution in [0.25, 0.3) is 0 Å². The Morgan fingerprint density at radius 2 is 2.02 bits per heavy atom. The molecule has 3 aliphatic rings. The maximum absolute atomic E-state index is 13.6. The number of hydrogen-bond donors (Lipinski definition) is 5. The number of piperidine rings is 1. The normalized spacial score (nSPS) is 25.9. The third kappa shape index (κ3) is 7.09. The first kappa shape index (κ1) is 31.8. The molecule has 2 aliphatic heterocycles. The summed E-state index contributed by atoms with van der Waals surface area (Å²) in [5.41, 5.74) is 4.90. The lowest BCUT2D eigenvalue weighted by molar-refractivity contribution is -0.141. The molecule has 1 unspecified atom stereocenters. The summed E-state index contributed by atoms with van der Waals surface area (Å²) in [6.07, 6.45) is -3.48. The summed E-state index contributed by atoms with van der Waals surface area (Å²) in [5, 5.41) is 18.3. The molecule has 3 fully saturated rings. The second-order valence-corrected chi connectivity index (χ2v) is 14.0. The van der Waals surface area contributed by atoms with Crippen LogP contribution in [0.2, 0.25) is 0 Å². The second-order valence-electron chi connectivity index (χ2n) is 12.9. The van der Waals surface area contributed by atoms with E-state index in [-0.39, 0.29) is 64.5 Å². The highest BCUT2D eigenvalue weighted by molar-refractivity contribution is 7.98. The number of alkyl halides is 3. The van der Waals surface area contributed by atoms with Crippen molar-refractivity contribution in [2.75, 3.05) is 24.2 Å². The summed E-state index contributed by atoms with van der Waals surface area (Å²) in [5.74, 6) is -0.363. The van der Waals surface area contributed by atoms with Gasteiger partial charge < -0.3 is 20.9 Å². The minimum Gasteiger partial charge on any atom is -0.356 e. The molecule has 1 aromatic rings. The van der Waals surface area contributed by atoms with Gasteiger partial charge in [-0.25, -0.2) is 0 Å². The SMILES string of the molecule is CC(C)(C/[SH]=C(\N)Nc1cccc(C(F)(F)F)c1)CC(=O)N1C[C@H]2C([C@H]1C(=O)N[C@H](C#N)C[C@@H]1CCNC1=O)C2(C)C. The van der Waals surface area contributed by atoms with E-state index < -0.39 is 29.2 Å². The Morgan fingerprint density at radius 1 is 1.31 bits per heavy atom. The number of halogens is 3. The predicted molar refractivity (Wildman–Crippen MR) is 156 cm³/mol. The number of amides is 3. The van der Waals surface area contributed by atoms with E-state index in [1.807, 2.05) is 13.8 Å². The molecule has 3 amide bonds. The topological polar surface area (TPSA) is 140 Å². The molecule has 4 rings (SSSR count). The molecule has 0 bridgehead atoms. The number of carbonyl (C=O) groups is 3. The molecule has 42 heavy (non-hydrogen) atoms. The highest BCUT2D eigenvalue weighted by Crippen LogP contribution is 2.65. The first-order valence-corrected chi connectivity index (χ1v) is 15.1. The van der Waals surface area contributed by atoms with Crippen LogP contribution in [-0.4, -0.2) is 58.7 Å².